The Balaban J connectivity index is 1.93. The molecular weight excluding hydrogens is 362 g/mol. The van der Waals surface area contributed by atoms with Crippen LogP contribution < -0.4 is 5.56 Å². The monoisotopic (exact) mass is 378 g/mol. The Hall–Kier alpha value is -3.50. The molecule has 0 aliphatic carbocycles. The maximum absolute atomic E-state index is 14.2. The van der Waals surface area contributed by atoms with Gasteiger partial charge in [-0.05, 0) is 44.4 Å². The molecular formula is C21H16F2N4O. The lowest BCUT2D eigenvalue weighted by atomic mass is 10.1. The highest BCUT2D eigenvalue weighted by Gasteiger charge is 2.15. The van der Waals surface area contributed by atoms with Crippen LogP contribution in [0.3, 0.4) is 0 Å². The second-order valence-electron chi connectivity index (χ2n) is 6.67. The molecule has 2 heterocycles. The largest absolute Gasteiger partial charge is 0.299 e. The number of aromatic nitrogens is 3. The van der Waals surface area contributed by atoms with Crippen molar-refractivity contribution in [2.24, 2.45) is 0 Å². The lowest BCUT2D eigenvalue weighted by molar-refractivity contribution is 0.464. The number of hydrogen-bond acceptors (Lipinski definition) is 3. The van der Waals surface area contributed by atoms with Crippen LogP contribution in [0.2, 0.25) is 0 Å². The van der Waals surface area contributed by atoms with Crippen LogP contribution in [0.25, 0.3) is 27.5 Å². The Bertz CT molecular complexity index is 1330. The Kier molecular flexibility index (Phi) is 4.41. The summed E-state index contributed by atoms with van der Waals surface area (Å²) in [5, 5.41) is 3.86. The third kappa shape index (κ3) is 3.15. The molecule has 140 valence electrons. The van der Waals surface area contributed by atoms with Gasteiger partial charge in [0.1, 0.15) is 17.3 Å². The van der Waals surface area contributed by atoms with Crippen LogP contribution in [0.5, 0.6) is 0 Å². The zero-order valence-corrected chi connectivity index (χ0v) is 15.3. The Morgan fingerprint density at radius 2 is 1.96 bits per heavy atom. The van der Waals surface area contributed by atoms with Gasteiger partial charge >= 0.3 is 0 Å². The average Bonchev–Trinajstić information content (AvgIpc) is 3.00. The quantitative estimate of drug-likeness (QED) is 0.546. The van der Waals surface area contributed by atoms with E-state index in [-0.39, 0.29) is 11.1 Å². The van der Waals surface area contributed by atoms with Gasteiger partial charge in [-0.3, -0.25) is 19.8 Å². The smallest absolute Gasteiger partial charge is 0.280 e. The summed E-state index contributed by atoms with van der Waals surface area (Å²) in [4.78, 5) is 19.0. The number of nitrogens with zero attached hydrogens (tertiary/aromatic N) is 3. The third-order valence-electron chi connectivity index (χ3n) is 4.30. The molecule has 0 unspecified atom stereocenters. The molecule has 0 fully saturated rings. The van der Waals surface area contributed by atoms with Gasteiger partial charge in [0, 0.05) is 23.2 Å². The van der Waals surface area contributed by atoms with E-state index in [9.17, 15) is 13.6 Å². The Morgan fingerprint density at radius 3 is 2.75 bits per heavy atom. The molecule has 4 aromatic rings. The van der Waals surface area contributed by atoms with E-state index >= 15 is 0 Å². The van der Waals surface area contributed by atoms with E-state index in [1.165, 1.54) is 6.20 Å². The van der Waals surface area contributed by atoms with Crippen molar-refractivity contribution in [1.29, 1.82) is 0 Å². The fourth-order valence-electron chi connectivity index (χ4n) is 2.96. The van der Waals surface area contributed by atoms with E-state index in [0.717, 1.165) is 28.4 Å². The molecule has 0 atom stereocenters. The molecule has 1 N–H and O–H groups in total. The maximum atomic E-state index is 14.2. The predicted octanol–water partition coefficient (Wildman–Crippen LogP) is 3.06. The highest BCUT2D eigenvalue weighted by atomic mass is 19.1. The summed E-state index contributed by atoms with van der Waals surface area (Å²) in [7, 11) is 3.86. The van der Waals surface area contributed by atoms with Gasteiger partial charge in [0.05, 0.1) is 23.0 Å². The molecule has 2 aromatic carbocycles. The van der Waals surface area contributed by atoms with E-state index in [0.29, 0.717) is 23.0 Å². The van der Waals surface area contributed by atoms with E-state index in [2.05, 4.69) is 21.9 Å². The van der Waals surface area contributed by atoms with Gasteiger partial charge in [-0.2, -0.15) is 0 Å². The first-order chi connectivity index (χ1) is 13.4. The van der Waals surface area contributed by atoms with Gasteiger partial charge in [-0.25, -0.2) is 13.5 Å². The molecule has 7 heteroatoms. The minimum absolute atomic E-state index is 0.184. The molecule has 28 heavy (non-hydrogen) atoms. The molecule has 0 aliphatic rings. The molecule has 0 saturated heterocycles. The zero-order valence-electron chi connectivity index (χ0n) is 15.3. The van der Waals surface area contributed by atoms with Gasteiger partial charge in [-0.15, -0.1) is 0 Å². The van der Waals surface area contributed by atoms with Crippen molar-refractivity contribution in [3.63, 3.8) is 0 Å². The van der Waals surface area contributed by atoms with Crippen molar-refractivity contribution in [2.75, 3.05) is 20.6 Å². The van der Waals surface area contributed by atoms with Crippen molar-refractivity contribution in [2.45, 2.75) is 0 Å². The normalized spacial score (nSPS) is 11.2. The lowest BCUT2D eigenvalue weighted by Gasteiger charge is -2.03. The topological polar surface area (TPSA) is 53.9 Å². The zero-order chi connectivity index (χ0) is 19.8. The number of nitrogens with one attached hydrogen (secondary N) is 1. The molecule has 5 nitrogen and oxygen atoms in total. The number of H-pyrrole nitrogens is 1. The first kappa shape index (κ1) is 17.9. The van der Waals surface area contributed by atoms with Crippen LogP contribution >= 0.6 is 0 Å². The second kappa shape index (κ2) is 6.91. The van der Waals surface area contributed by atoms with Crippen LogP contribution in [0.4, 0.5) is 8.78 Å². The Labute approximate surface area is 159 Å². The molecule has 0 spiro atoms. The number of halogens is 2. The summed E-state index contributed by atoms with van der Waals surface area (Å²) in [6.07, 6.45) is 1.43. The highest BCUT2D eigenvalue weighted by Crippen LogP contribution is 2.23. The summed E-state index contributed by atoms with van der Waals surface area (Å²) in [6.45, 7) is 0.618. The number of benzene rings is 2. The average molecular weight is 378 g/mol. The van der Waals surface area contributed by atoms with E-state index in [1.54, 1.807) is 0 Å². The fraction of sp³-hybridized carbons (Fsp3) is 0.143. The molecule has 0 saturated carbocycles. The minimum atomic E-state index is -0.706. The molecule has 0 amide bonds. The van der Waals surface area contributed by atoms with Crippen LogP contribution in [0.1, 0.15) is 5.56 Å². The third-order valence-corrected chi connectivity index (χ3v) is 4.30. The Morgan fingerprint density at radius 1 is 1.14 bits per heavy atom. The number of hydrogen-bond donors (Lipinski definition) is 1. The van der Waals surface area contributed by atoms with Gasteiger partial charge in [0.2, 0.25) is 0 Å². The second-order valence-corrected chi connectivity index (χ2v) is 6.67. The van der Waals surface area contributed by atoms with Gasteiger partial charge in [-0.1, -0.05) is 11.8 Å². The molecule has 0 radical (unpaired) electrons. The van der Waals surface area contributed by atoms with Crippen LogP contribution in [-0.2, 0) is 0 Å². The summed E-state index contributed by atoms with van der Waals surface area (Å²) in [6, 6.07) is 8.45. The van der Waals surface area contributed by atoms with Crippen molar-refractivity contribution in [1.82, 2.24) is 19.7 Å². The van der Waals surface area contributed by atoms with E-state index < -0.39 is 17.2 Å². The lowest BCUT2D eigenvalue weighted by Crippen LogP contribution is -2.15. The molecule has 4 rings (SSSR count). The van der Waals surface area contributed by atoms with Gasteiger partial charge in [0.15, 0.2) is 0 Å². The van der Waals surface area contributed by atoms with Gasteiger partial charge < -0.3 is 0 Å². The predicted molar refractivity (Wildman–Crippen MR) is 105 cm³/mol. The van der Waals surface area contributed by atoms with Crippen LogP contribution in [0, 0.1) is 23.5 Å². The van der Waals surface area contributed by atoms with Crippen LogP contribution in [0.15, 0.2) is 47.4 Å². The SMILES string of the molecule is CN(C)CC#Cc1ccc2ncc3c(=O)n(-c4cc(F)ccc4F)[nH]c3c2c1. The van der Waals surface area contributed by atoms with Crippen molar-refractivity contribution >= 4 is 21.8 Å². The highest BCUT2D eigenvalue weighted by molar-refractivity contribution is 6.03. The van der Waals surface area contributed by atoms with Crippen molar-refractivity contribution in [3.05, 3.63) is 70.1 Å². The molecule has 0 aliphatic heterocycles. The first-order valence-corrected chi connectivity index (χ1v) is 8.56. The van der Waals surface area contributed by atoms with Crippen molar-refractivity contribution in [3.8, 4) is 17.5 Å². The number of aromatic amines is 1. The fourth-order valence-corrected chi connectivity index (χ4v) is 2.96. The number of fused-ring (bicyclic) bond motifs is 3. The number of rotatable bonds is 2. The minimum Gasteiger partial charge on any atom is -0.299 e. The number of pyridine rings is 1. The summed E-state index contributed by atoms with van der Waals surface area (Å²) < 4.78 is 28.7. The standard InChI is InChI=1S/C21H16F2N4O/c1-26(2)9-3-4-13-5-8-18-15(10-13)20-16(12-24-18)21(28)27(25-20)19-11-14(22)6-7-17(19)23/h5-8,10-12,25H,9H2,1-2H3. The molecule has 0 bridgehead atoms. The summed E-state index contributed by atoms with van der Waals surface area (Å²) in [5.74, 6) is 4.79. The van der Waals surface area contributed by atoms with E-state index in [4.69, 9.17) is 0 Å². The van der Waals surface area contributed by atoms with Crippen molar-refractivity contribution < 1.29 is 8.78 Å². The maximum Gasteiger partial charge on any atom is 0.280 e. The summed E-state index contributed by atoms with van der Waals surface area (Å²) in [5.41, 5.74) is 1.25. The first-order valence-electron chi connectivity index (χ1n) is 8.56. The van der Waals surface area contributed by atoms with E-state index in [1.807, 2.05) is 37.2 Å². The van der Waals surface area contributed by atoms with Crippen LogP contribution in [-0.4, -0.2) is 40.3 Å². The summed E-state index contributed by atoms with van der Waals surface area (Å²) >= 11 is 0. The molecule has 2 aromatic heterocycles. The van der Waals surface area contributed by atoms with Gasteiger partial charge in [0.25, 0.3) is 5.56 Å².